The molecular formula is C12H25N3O3. The van der Waals surface area contributed by atoms with Gasteiger partial charge in [-0.15, -0.1) is 0 Å². The molecule has 0 spiro atoms. The number of carbonyl (C=O) groups is 2. The number of rotatable bonds is 9. The number of carboxylic acids is 1. The van der Waals surface area contributed by atoms with E-state index in [0.717, 1.165) is 19.4 Å². The Morgan fingerprint density at radius 3 is 2.44 bits per heavy atom. The van der Waals surface area contributed by atoms with Crippen LogP contribution >= 0.6 is 0 Å². The number of hydrogen-bond acceptors (Lipinski definition) is 3. The largest absolute Gasteiger partial charge is 0.481 e. The van der Waals surface area contributed by atoms with Gasteiger partial charge in [0, 0.05) is 25.6 Å². The lowest BCUT2D eigenvalue weighted by Crippen LogP contribution is -2.45. The molecule has 0 aromatic rings. The van der Waals surface area contributed by atoms with E-state index in [4.69, 9.17) is 5.11 Å². The molecule has 18 heavy (non-hydrogen) atoms. The van der Waals surface area contributed by atoms with Crippen LogP contribution in [0.2, 0.25) is 0 Å². The first kappa shape index (κ1) is 16.7. The van der Waals surface area contributed by atoms with Gasteiger partial charge in [-0.3, -0.25) is 4.79 Å². The maximum absolute atomic E-state index is 11.4. The van der Waals surface area contributed by atoms with Gasteiger partial charge in [-0.05, 0) is 33.9 Å². The lowest BCUT2D eigenvalue weighted by Gasteiger charge is -2.18. The van der Waals surface area contributed by atoms with Crippen LogP contribution in [0.4, 0.5) is 4.79 Å². The lowest BCUT2D eigenvalue weighted by molar-refractivity contribution is -0.137. The van der Waals surface area contributed by atoms with Crippen molar-refractivity contribution in [1.82, 2.24) is 15.5 Å². The zero-order valence-corrected chi connectivity index (χ0v) is 11.5. The fourth-order valence-electron chi connectivity index (χ4n) is 1.65. The normalized spacial score (nSPS) is 12.2. The van der Waals surface area contributed by atoms with Crippen molar-refractivity contribution >= 4 is 12.0 Å². The molecule has 0 aliphatic carbocycles. The van der Waals surface area contributed by atoms with Crippen molar-refractivity contribution in [2.24, 2.45) is 0 Å². The van der Waals surface area contributed by atoms with Gasteiger partial charge in [-0.1, -0.05) is 6.42 Å². The number of nitrogens with one attached hydrogen (secondary N) is 2. The van der Waals surface area contributed by atoms with Gasteiger partial charge in [-0.25, -0.2) is 4.79 Å². The van der Waals surface area contributed by atoms with Crippen molar-refractivity contribution in [2.45, 2.75) is 38.6 Å². The molecule has 0 saturated carbocycles. The maximum Gasteiger partial charge on any atom is 0.315 e. The van der Waals surface area contributed by atoms with Crippen LogP contribution in [0.15, 0.2) is 0 Å². The first-order chi connectivity index (χ1) is 8.41. The molecule has 106 valence electrons. The van der Waals surface area contributed by atoms with Crippen molar-refractivity contribution in [3.8, 4) is 0 Å². The van der Waals surface area contributed by atoms with Gasteiger partial charge in [0.25, 0.3) is 0 Å². The summed E-state index contributed by atoms with van der Waals surface area (Å²) in [4.78, 5) is 23.7. The topological polar surface area (TPSA) is 81.7 Å². The van der Waals surface area contributed by atoms with Crippen LogP contribution in [-0.2, 0) is 4.79 Å². The molecule has 0 radical (unpaired) electrons. The average Bonchev–Trinajstić information content (AvgIpc) is 2.21. The number of carboxylic acid groups (broad SMARTS) is 1. The first-order valence-corrected chi connectivity index (χ1v) is 6.32. The van der Waals surface area contributed by atoms with Crippen LogP contribution < -0.4 is 10.6 Å². The van der Waals surface area contributed by atoms with E-state index in [9.17, 15) is 9.59 Å². The molecule has 1 atom stereocenters. The Balaban J connectivity index is 3.45. The second kappa shape index (κ2) is 9.70. The highest BCUT2D eigenvalue weighted by Crippen LogP contribution is 1.98. The fraction of sp³-hybridized carbons (Fsp3) is 0.833. The fourth-order valence-corrected chi connectivity index (χ4v) is 1.65. The Morgan fingerprint density at radius 2 is 1.89 bits per heavy atom. The second-order valence-electron chi connectivity index (χ2n) is 4.77. The monoisotopic (exact) mass is 259 g/mol. The van der Waals surface area contributed by atoms with Crippen molar-refractivity contribution in [2.75, 3.05) is 27.2 Å². The highest BCUT2D eigenvalue weighted by Gasteiger charge is 2.06. The minimum Gasteiger partial charge on any atom is -0.481 e. The molecule has 0 aromatic carbocycles. The summed E-state index contributed by atoms with van der Waals surface area (Å²) in [7, 11) is 3.91. The highest BCUT2D eigenvalue weighted by atomic mass is 16.4. The Hall–Kier alpha value is -1.30. The summed E-state index contributed by atoms with van der Waals surface area (Å²) in [6.07, 6.45) is 2.49. The Bertz CT molecular complexity index is 257. The number of nitrogens with zero attached hydrogens (tertiary/aromatic N) is 1. The van der Waals surface area contributed by atoms with Gasteiger partial charge < -0.3 is 20.6 Å². The van der Waals surface area contributed by atoms with Crippen molar-refractivity contribution in [3.05, 3.63) is 0 Å². The molecule has 0 heterocycles. The van der Waals surface area contributed by atoms with Gasteiger partial charge in [0.2, 0.25) is 0 Å². The predicted molar refractivity (Wildman–Crippen MR) is 70.7 cm³/mol. The lowest BCUT2D eigenvalue weighted by atomic mass is 10.2. The maximum atomic E-state index is 11.4. The Labute approximate surface area is 109 Å². The van der Waals surface area contributed by atoms with Gasteiger partial charge in [-0.2, -0.15) is 0 Å². The van der Waals surface area contributed by atoms with Gasteiger partial charge in [0.05, 0.1) is 0 Å². The van der Waals surface area contributed by atoms with Crippen LogP contribution in [0, 0.1) is 0 Å². The molecule has 0 aliphatic heterocycles. The van der Waals surface area contributed by atoms with Crippen LogP contribution in [0.3, 0.4) is 0 Å². The zero-order valence-electron chi connectivity index (χ0n) is 11.5. The predicted octanol–water partition coefficient (Wildman–Crippen LogP) is 0.881. The van der Waals surface area contributed by atoms with E-state index in [0.29, 0.717) is 13.0 Å². The van der Waals surface area contributed by atoms with E-state index in [1.54, 1.807) is 0 Å². The minimum absolute atomic E-state index is 0.104. The van der Waals surface area contributed by atoms with Crippen LogP contribution in [0.1, 0.15) is 32.6 Å². The molecule has 2 amide bonds. The molecule has 0 rings (SSSR count). The standard InChI is InChI=1S/C12H25N3O3/c1-10(9-15(2)3)14-12(18)13-8-6-4-5-7-11(16)17/h10H,4-9H2,1-3H3,(H,16,17)(H2,13,14,18). The molecule has 0 aliphatic rings. The molecule has 3 N–H and O–H groups in total. The van der Waals surface area contributed by atoms with Crippen LogP contribution in [0.5, 0.6) is 0 Å². The van der Waals surface area contributed by atoms with Gasteiger partial charge >= 0.3 is 12.0 Å². The second-order valence-corrected chi connectivity index (χ2v) is 4.77. The molecule has 0 bridgehead atoms. The van der Waals surface area contributed by atoms with Gasteiger partial charge in [0.1, 0.15) is 0 Å². The summed E-state index contributed by atoms with van der Waals surface area (Å²) in [5.74, 6) is -0.766. The Morgan fingerprint density at radius 1 is 1.22 bits per heavy atom. The quantitative estimate of drug-likeness (QED) is 0.537. The molecule has 0 aromatic heterocycles. The number of unbranched alkanes of at least 4 members (excludes halogenated alkanes) is 2. The SMILES string of the molecule is CC(CN(C)C)NC(=O)NCCCCCC(=O)O. The number of aliphatic carboxylic acids is 1. The zero-order chi connectivity index (χ0) is 14.0. The summed E-state index contributed by atoms with van der Waals surface area (Å²) in [5.41, 5.74) is 0. The summed E-state index contributed by atoms with van der Waals surface area (Å²) in [5, 5.41) is 14.0. The summed E-state index contributed by atoms with van der Waals surface area (Å²) in [6, 6.07) is -0.0606. The first-order valence-electron chi connectivity index (χ1n) is 6.32. The number of hydrogen-bond donors (Lipinski definition) is 3. The van der Waals surface area contributed by atoms with E-state index >= 15 is 0 Å². The average molecular weight is 259 g/mol. The van der Waals surface area contributed by atoms with E-state index in [-0.39, 0.29) is 18.5 Å². The molecule has 6 nitrogen and oxygen atoms in total. The smallest absolute Gasteiger partial charge is 0.315 e. The third-order valence-corrected chi connectivity index (χ3v) is 2.37. The summed E-state index contributed by atoms with van der Waals surface area (Å²) >= 11 is 0. The summed E-state index contributed by atoms with van der Waals surface area (Å²) in [6.45, 7) is 3.33. The van der Waals surface area contributed by atoms with Crippen molar-refractivity contribution in [1.29, 1.82) is 0 Å². The van der Waals surface area contributed by atoms with E-state index in [1.165, 1.54) is 0 Å². The highest BCUT2D eigenvalue weighted by molar-refractivity contribution is 5.74. The van der Waals surface area contributed by atoms with E-state index < -0.39 is 5.97 Å². The molecule has 1 unspecified atom stereocenters. The number of urea groups is 1. The van der Waals surface area contributed by atoms with Crippen LogP contribution in [0.25, 0.3) is 0 Å². The van der Waals surface area contributed by atoms with Crippen LogP contribution in [-0.4, -0.2) is 55.2 Å². The molecule has 6 heteroatoms. The summed E-state index contributed by atoms with van der Waals surface area (Å²) < 4.78 is 0. The van der Waals surface area contributed by atoms with Gasteiger partial charge in [0.15, 0.2) is 0 Å². The van der Waals surface area contributed by atoms with E-state index in [1.807, 2.05) is 25.9 Å². The third kappa shape index (κ3) is 11.2. The minimum atomic E-state index is -0.766. The third-order valence-electron chi connectivity index (χ3n) is 2.37. The molecule has 0 saturated heterocycles. The van der Waals surface area contributed by atoms with Crippen molar-refractivity contribution in [3.63, 3.8) is 0 Å². The molecule has 0 fully saturated rings. The molecular weight excluding hydrogens is 234 g/mol. The van der Waals surface area contributed by atoms with Crippen molar-refractivity contribution < 1.29 is 14.7 Å². The number of amides is 2. The van der Waals surface area contributed by atoms with E-state index in [2.05, 4.69) is 10.6 Å². The number of likely N-dealkylation sites (N-methyl/N-ethyl adjacent to an activating group) is 1. The number of carbonyl (C=O) groups excluding carboxylic acids is 1. The Kier molecular flexibility index (Phi) is 9.00.